The predicted molar refractivity (Wildman–Crippen MR) is 90.5 cm³/mol. The van der Waals surface area contributed by atoms with Crippen molar-refractivity contribution in [3.05, 3.63) is 64.3 Å². The van der Waals surface area contributed by atoms with Crippen LogP contribution >= 0.6 is 0 Å². The Balaban J connectivity index is 1.85. The molecule has 0 spiro atoms. The largest absolute Gasteiger partial charge is 0.461 e. The summed E-state index contributed by atoms with van der Waals surface area (Å²) >= 11 is 0. The highest BCUT2D eigenvalue weighted by molar-refractivity contribution is 6.11. The van der Waals surface area contributed by atoms with Gasteiger partial charge in [0, 0.05) is 5.39 Å². The number of aromatic amines is 1. The lowest BCUT2D eigenvalue weighted by atomic mass is 10.1. The molecule has 0 radical (unpaired) electrons. The molecule has 0 saturated heterocycles. The predicted octanol–water partition coefficient (Wildman–Crippen LogP) is 1.75. The van der Waals surface area contributed by atoms with Gasteiger partial charge in [-0.05, 0) is 25.1 Å². The van der Waals surface area contributed by atoms with E-state index in [1.54, 1.807) is 31.2 Å². The quantitative estimate of drug-likeness (QED) is 0.701. The third kappa shape index (κ3) is 3.37. The molecular weight excluding hydrogens is 324 g/mol. The van der Waals surface area contributed by atoms with Crippen LogP contribution in [0.1, 0.15) is 27.9 Å². The van der Waals surface area contributed by atoms with Gasteiger partial charge in [0.2, 0.25) is 0 Å². The Hall–Kier alpha value is -3.55. The van der Waals surface area contributed by atoms with E-state index < -0.39 is 11.9 Å². The van der Waals surface area contributed by atoms with Crippen LogP contribution in [0.3, 0.4) is 0 Å². The first-order valence-electron chi connectivity index (χ1n) is 7.52. The zero-order chi connectivity index (χ0) is 17.8. The highest BCUT2D eigenvalue weighted by atomic mass is 16.5. The van der Waals surface area contributed by atoms with Gasteiger partial charge in [-0.2, -0.15) is 5.10 Å². The SMILES string of the molecule is CCOC(=O)c1ccc(NC(=O)c2n[nH]c(=O)c3ccccc23)cn1. The fourth-order valence-corrected chi connectivity index (χ4v) is 2.27. The molecule has 1 amide bonds. The lowest BCUT2D eigenvalue weighted by molar-refractivity contribution is 0.0519. The third-order valence-electron chi connectivity index (χ3n) is 3.42. The van der Waals surface area contributed by atoms with Crippen LogP contribution in [0.2, 0.25) is 0 Å². The molecule has 8 nitrogen and oxygen atoms in total. The van der Waals surface area contributed by atoms with Gasteiger partial charge in [0.05, 0.1) is 23.9 Å². The summed E-state index contributed by atoms with van der Waals surface area (Å²) in [6.07, 6.45) is 1.35. The van der Waals surface area contributed by atoms with Crippen molar-refractivity contribution in [3.63, 3.8) is 0 Å². The fourth-order valence-electron chi connectivity index (χ4n) is 2.27. The first-order chi connectivity index (χ1) is 12.1. The molecule has 0 bridgehead atoms. The molecule has 0 aliphatic rings. The molecule has 0 atom stereocenters. The molecule has 25 heavy (non-hydrogen) atoms. The van der Waals surface area contributed by atoms with E-state index in [-0.39, 0.29) is 23.6 Å². The number of nitrogens with one attached hydrogen (secondary N) is 2. The molecule has 0 fully saturated rings. The molecule has 1 aromatic carbocycles. The molecule has 0 unspecified atom stereocenters. The summed E-state index contributed by atoms with van der Waals surface area (Å²) < 4.78 is 4.85. The van der Waals surface area contributed by atoms with Crippen molar-refractivity contribution >= 4 is 28.3 Å². The maximum absolute atomic E-state index is 12.4. The number of hydrogen-bond donors (Lipinski definition) is 2. The van der Waals surface area contributed by atoms with E-state index >= 15 is 0 Å². The smallest absolute Gasteiger partial charge is 0.356 e. The molecule has 2 N–H and O–H groups in total. The number of esters is 1. The second-order valence-corrected chi connectivity index (χ2v) is 5.05. The van der Waals surface area contributed by atoms with E-state index in [9.17, 15) is 14.4 Å². The maximum Gasteiger partial charge on any atom is 0.356 e. The highest BCUT2D eigenvalue weighted by Gasteiger charge is 2.15. The van der Waals surface area contributed by atoms with Crippen molar-refractivity contribution in [2.45, 2.75) is 6.92 Å². The number of benzene rings is 1. The van der Waals surface area contributed by atoms with E-state index in [4.69, 9.17) is 4.74 Å². The van der Waals surface area contributed by atoms with Gasteiger partial charge >= 0.3 is 5.97 Å². The molecule has 2 heterocycles. The number of rotatable bonds is 4. The number of hydrogen-bond acceptors (Lipinski definition) is 6. The molecule has 126 valence electrons. The number of aromatic nitrogens is 3. The standard InChI is InChI=1S/C17H14N4O4/c1-2-25-17(24)13-8-7-10(9-18-13)19-16(23)14-11-5-3-4-6-12(11)15(22)21-20-14/h3-9H,2H2,1H3,(H,19,23)(H,21,22). The minimum absolute atomic E-state index is 0.0877. The minimum atomic E-state index is -0.534. The van der Waals surface area contributed by atoms with Crippen molar-refractivity contribution in [1.82, 2.24) is 15.2 Å². The Kier molecular flexibility index (Phi) is 4.51. The average molecular weight is 338 g/mol. The van der Waals surface area contributed by atoms with Crippen LogP contribution in [-0.2, 0) is 4.74 Å². The Morgan fingerprint density at radius 3 is 2.60 bits per heavy atom. The average Bonchev–Trinajstić information content (AvgIpc) is 2.63. The number of anilines is 1. The van der Waals surface area contributed by atoms with Crippen molar-refractivity contribution in [2.75, 3.05) is 11.9 Å². The van der Waals surface area contributed by atoms with Crippen LogP contribution in [0.25, 0.3) is 10.8 Å². The number of fused-ring (bicyclic) bond motifs is 1. The van der Waals surface area contributed by atoms with E-state index in [0.29, 0.717) is 16.5 Å². The number of pyridine rings is 1. The first-order valence-corrected chi connectivity index (χ1v) is 7.52. The van der Waals surface area contributed by atoms with E-state index in [1.807, 2.05) is 0 Å². The van der Waals surface area contributed by atoms with Gasteiger partial charge in [0.1, 0.15) is 5.69 Å². The van der Waals surface area contributed by atoms with Crippen LogP contribution in [0.15, 0.2) is 47.4 Å². The minimum Gasteiger partial charge on any atom is -0.461 e. The topological polar surface area (TPSA) is 114 Å². The van der Waals surface area contributed by atoms with Crippen molar-refractivity contribution in [2.24, 2.45) is 0 Å². The van der Waals surface area contributed by atoms with Gasteiger partial charge < -0.3 is 10.1 Å². The Bertz CT molecular complexity index is 995. The second kappa shape index (κ2) is 6.91. The second-order valence-electron chi connectivity index (χ2n) is 5.05. The van der Waals surface area contributed by atoms with E-state index in [2.05, 4.69) is 20.5 Å². The number of ether oxygens (including phenoxy) is 1. The van der Waals surface area contributed by atoms with Crippen LogP contribution < -0.4 is 10.9 Å². The summed E-state index contributed by atoms with van der Waals surface area (Å²) in [5, 5.41) is 9.58. The Labute approximate surface area is 141 Å². The Morgan fingerprint density at radius 1 is 1.16 bits per heavy atom. The zero-order valence-corrected chi connectivity index (χ0v) is 13.3. The number of carbonyl (C=O) groups is 2. The van der Waals surface area contributed by atoms with Gasteiger partial charge in [0.15, 0.2) is 5.69 Å². The number of carbonyl (C=O) groups excluding carboxylic acids is 2. The van der Waals surface area contributed by atoms with Crippen LogP contribution in [0.5, 0.6) is 0 Å². The van der Waals surface area contributed by atoms with Gasteiger partial charge in [-0.25, -0.2) is 14.9 Å². The van der Waals surface area contributed by atoms with Crippen LogP contribution in [-0.4, -0.2) is 33.7 Å². The number of amides is 1. The lowest BCUT2D eigenvalue weighted by Gasteiger charge is -2.07. The first kappa shape index (κ1) is 16.3. The lowest BCUT2D eigenvalue weighted by Crippen LogP contribution is -2.19. The van der Waals surface area contributed by atoms with Crippen LogP contribution in [0, 0.1) is 0 Å². The van der Waals surface area contributed by atoms with E-state index in [1.165, 1.54) is 18.3 Å². The normalized spacial score (nSPS) is 10.4. The van der Waals surface area contributed by atoms with Gasteiger partial charge in [-0.1, -0.05) is 18.2 Å². The summed E-state index contributed by atoms with van der Waals surface area (Å²) in [5.74, 6) is -1.04. The van der Waals surface area contributed by atoms with Gasteiger partial charge in [0.25, 0.3) is 11.5 Å². The molecule has 3 rings (SSSR count). The maximum atomic E-state index is 12.4. The highest BCUT2D eigenvalue weighted by Crippen LogP contribution is 2.15. The van der Waals surface area contributed by atoms with Gasteiger partial charge in [-0.3, -0.25) is 9.59 Å². The molecule has 0 aliphatic heterocycles. The summed E-state index contributed by atoms with van der Waals surface area (Å²) in [5.41, 5.74) is 0.250. The summed E-state index contributed by atoms with van der Waals surface area (Å²) in [4.78, 5) is 39.7. The third-order valence-corrected chi connectivity index (χ3v) is 3.42. The zero-order valence-electron chi connectivity index (χ0n) is 13.3. The summed E-state index contributed by atoms with van der Waals surface area (Å²) in [6.45, 7) is 1.96. The van der Waals surface area contributed by atoms with Crippen molar-refractivity contribution in [1.29, 1.82) is 0 Å². The number of H-pyrrole nitrogens is 1. The van der Waals surface area contributed by atoms with Crippen LogP contribution in [0.4, 0.5) is 5.69 Å². The molecule has 3 aromatic rings. The van der Waals surface area contributed by atoms with Crippen molar-refractivity contribution in [3.8, 4) is 0 Å². The monoisotopic (exact) mass is 338 g/mol. The van der Waals surface area contributed by atoms with Gasteiger partial charge in [-0.15, -0.1) is 0 Å². The Morgan fingerprint density at radius 2 is 1.92 bits per heavy atom. The molecule has 0 saturated carbocycles. The number of nitrogens with zero attached hydrogens (tertiary/aromatic N) is 2. The molecular formula is C17H14N4O4. The summed E-state index contributed by atoms with van der Waals surface area (Å²) in [7, 11) is 0. The van der Waals surface area contributed by atoms with E-state index in [0.717, 1.165) is 0 Å². The van der Waals surface area contributed by atoms with Crippen molar-refractivity contribution < 1.29 is 14.3 Å². The molecule has 2 aromatic heterocycles. The molecule has 8 heteroatoms. The fraction of sp³-hybridized carbons (Fsp3) is 0.118. The molecule has 0 aliphatic carbocycles. The summed E-state index contributed by atoms with van der Waals surface area (Å²) in [6, 6.07) is 9.67.